The molecule has 4 nitrogen and oxygen atoms in total. The molecular formula is C18H24F3N2O2+. The monoisotopic (exact) mass is 357 g/mol. The Morgan fingerprint density at radius 2 is 1.84 bits per heavy atom. The van der Waals surface area contributed by atoms with Crippen LogP contribution < -0.4 is 9.64 Å². The Balaban J connectivity index is 2.10. The summed E-state index contributed by atoms with van der Waals surface area (Å²) in [7, 11) is 1.60. The van der Waals surface area contributed by atoms with Crippen LogP contribution in [0.15, 0.2) is 29.3 Å². The summed E-state index contributed by atoms with van der Waals surface area (Å²) in [6.07, 6.45) is -3.20. The number of likely N-dealkylation sites (tertiary alicyclic amines) is 1. The number of alkyl halides is 3. The maximum atomic E-state index is 12.4. The maximum Gasteiger partial charge on any atom is 0.450 e. The number of rotatable bonds is 7. The molecule has 1 fully saturated rings. The SMILES string of the molecule is COc1ccc([C@H](CN=C(C)CC(=O)C(F)(F)F)[NH+]2CCCC2)cc1. The van der Waals surface area contributed by atoms with Crippen LogP contribution in [-0.2, 0) is 4.79 Å². The molecule has 1 atom stereocenters. The predicted molar refractivity (Wildman–Crippen MR) is 89.3 cm³/mol. The minimum Gasteiger partial charge on any atom is -0.497 e. The van der Waals surface area contributed by atoms with E-state index >= 15 is 0 Å². The van der Waals surface area contributed by atoms with Crippen molar-refractivity contribution in [2.45, 2.75) is 38.4 Å². The van der Waals surface area contributed by atoms with Gasteiger partial charge in [-0.3, -0.25) is 9.79 Å². The Labute approximate surface area is 145 Å². The van der Waals surface area contributed by atoms with Gasteiger partial charge < -0.3 is 9.64 Å². The molecule has 0 bridgehead atoms. The molecule has 0 aliphatic carbocycles. The minimum atomic E-state index is -4.80. The number of Topliss-reactive ketones (excluding diaryl/α,β-unsaturated/α-hetero) is 1. The number of quaternary nitrogens is 1. The maximum absolute atomic E-state index is 12.4. The summed E-state index contributed by atoms with van der Waals surface area (Å²) < 4.78 is 42.3. The van der Waals surface area contributed by atoms with Gasteiger partial charge in [0.2, 0.25) is 5.78 Å². The molecule has 0 spiro atoms. The topological polar surface area (TPSA) is 43.1 Å². The quantitative estimate of drug-likeness (QED) is 0.762. The van der Waals surface area contributed by atoms with Crippen molar-refractivity contribution in [1.82, 2.24) is 0 Å². The second-order valence-electron chi connectivity index (χ2n) is 6.36. The molecule has 0 saturated carbocycles. The van der Waals surface area contributed by atoms with Crippen LogP contribution >= 0.6 is 0 Å². The van der Waals surface area contributed by atoms with Gasteiger partial charge in [0.1, 0.15) is 11.8 Å². The number of methoxy groups -OCH3 is 1. The van der Waals surface area contributed by atoms with Gasteiger partial charge in [-0.1, -0.05) is 0 Å². The lowest BCUT2D eigenvalue weighted by atomic mass is 10.1. The van der Waals surface area contributed by atoms with Crippen molar-refractivity contribution in [3.8, 4) is 5.75 Å². The first-order valence-corrected chi connectivity index (χ1v) is 8.39. The molecule has 0 amide bonds. The van der Waals surface area contributed by atoms with Crippen LogP contribution in [0.4, 0.5) is 13.2 Å². The van der Waals surface area contributed by atoms with E-state index in [1.807, 2.05) is 24.3 Å². The zero-order chi connectivity index (χ0) is 18.4. The highest BCUT2D eigenvalue weighted by atomic mass is 19.4. The number of benzene rings is 1. The van der Waals surface area contributed by atoms with Gasteiger partial charge >= 0.3 is 6.18 Å². The third-order valence-corrected chi connectivity index (χ3v) is 4.53. The molecule has 1 aliphatic heterocycles. The van der Waals surface area contributed by atoms with Crippen molar-refractivity contribution in [3.63, 3.8) is 0 Å². The Morgan fingerprint density at radius 1 is 1.24 bits per heavy atom. The van der Waals surface area contributed by atoms with Crippen LogP contribution in [0.3, 0.4) is 0 Å². The molecule has 25 heavy (non-hydrogen) atoms. The first-order valence-electron chi connectivity index (χ1n) is 8.39. The number of nitrogens with one attached hydrogen (secondary N) is 1. The van der Waals surface area contributed by atoms with Crippen LogP contribution in [0.5, 0.6) is 5.75 Å². The highest BCUT2D eigenvalue weighted by molar-refractivity contribution is 6.03. The lowest BCUT2D eigenvalue weighted by Crippen LogP contribution is -3.10. The van der Waals surface area contributed by atoms with Crippen LogP contribution in [0.25, 0.3) is 0 Å². The summed E-state index contributed by atoms with van der Waals surface area (Å²) in [5.41, 5.74) is 1.30. The summed E-state index contributed by atoms with van der Waals surface area (Å²) in [6.45, 7) is 3.89. The molecular weight excluding hydrogens is 333 g/mol. The van der Waals surface area contributed by atoms with Gasteiger partial charge in [-0.15, -0.1) is 0 Å². The zero-order valence-corrected chi connectivity index (χ0v) is 14.5. The van der Waals surface area contributed by atoms with Crippen molar-refractivity contribution in [3.05, 3.63) is 29.8 Å². The number of ether oxygens (including phenoxy) is 1. The highest BCUT2D eigenvalue weighted by Crippen LogP contribution is 2.19. The fraction of sp³-hybridized carbons (Fsp3) is 0.556. The van der Waals surface area contributed by atoms with E-state index in [1.165, 1.54) is 11.8 Å². The Hall–Kier alpha value is -1.89. The third-order valence-electron chi connectivity index (χ3n) is 4.53. The Bertz CT molecular complexity index is 606. The molecule has 0 unspecified atom stereocenters. The summed E-state index contributed by atoms with van der Waals surface area (Å²) in [6, 6.07) is 7.77. The van der Waals surface area contributed by atoms with E-state index in [1.54, 1.807) is 7.11 Å². The fourth-order valence-electron chi connectivity index (χ4n) is 3.12. The van der Waals surface area contributed by atoms with Crippen molar-refractivity contribution in [2.24, 2.45) is 4.99 Å². The molecule has 1 aromatic carbocycles. The fourth-order valence-corrected chi connectivity index (χ4v) is 3.12. The van der Waals surface area contributed by atoms with Gasteiger partial charge in [-0.2, -0.15) is 13.2 Å². The molecule has 7 heteroatoms. The summed E-state index contributed by atoms with van der Waals surface area (Å²) in [5, 5.41) is 0. The lowest BCUT2D eigenvalue weighted by Gasteiger charge is -2.24. The van der Waals surface area contributed by atoms with Crippen LogP contribution in [0.2, 0.25) is 0 Å². The number of hydrogen-bond acceptors (Lipinski definition) is 3. The van der Waals surface area contributed by atoms with Gasteiger partial charge in [0, 0.05) is 24.1 Å². The molecule has 1 aliphatic rings. The number of ketones is 1. The molecule has 1 aromatic rings. The van der Waals surface area contributed by atoms with E-state index in [0.717, 1.165) is 37.2 Å². The van der Waals surface area contributed by atoms with Gasteiger partial charge in [0.15, 0.2) is 0 Å². The van der Waals surface area contributed by atoms with Gasteiger partial charge in [0.25, 0.3) is 0 Å². The average molecular weight is 357 g/mol. The number of nitrogens with zero attached hydrogens (tertiary/aromatic N) is 1. The van der Waals surface area contributed by atoms with E-state index < -0.39 is 18.4 Å². The van der Waals surface area contributed by atoms with E-state index in [9.17, 15) is 18.0 Å². The second-order valence-corrected chi connectivity index (χ2v) is 6.36. The first kappa shape index (κ1) is 19.4. The summed E-state index contributed by atoms with van der Waals surface area (Å²) in [5.74, 6) is -0.988. The second kappa shape index (κ2) is 8.47. The number of hydrogen-bond donors (Lipinski definition) is 1. The summed E-state index contributed by atoms with van der Waals surface area (Å²) >= 11 is 0. The third kappa shape index (κ3) is 5.56. The molecule has 0 radical (unpaired) electrons. The standard InChI is InChI=1S/C18H23F3N2O2/c1-13(11-17(24)18(19,20)21)22-12-16(23-9-3-4-10-23)14-5-7-15(25-2)8-6-14/h5-8,16H,3-4,9-12H2,1-2H3/p+1/t16-/m0/s1. The van der Waals surface area contributed by atoms with E-state index in [-0.39, 0.29) is 11.8 Å². The van der Waals surface area contributed by atoms with Crippen LogP contribution in [-0.4, -0.2) is 44.4 Å². The van der Waals surface area contributed by atoms with Crippen LogP contribution in [0.1, 0.15) is 37.8 Å². The molecule has 1 saturated heterocycles. The highest BCUT2D eigenvalue weighted by Gasteiger charge is 2.38. The molecule has 1 heterocycles. The average Bonchev–Trinajstić information content (AvgIpc) is 3.09. The summed E-state index contributed by atoms with van der Waals surface area (Å²) in [4.78, 5) is 16.8. The molecule has 0 aromatic heterocycles. The Kier molecular flexibility index (Phi) is 6.58. The number of halogens is 3. The number of carbonyl (C=O) groups excluding carboxylic acids is 1. The Morgan fingerprint density at radius 3 is 2.36 bits per heavy atom. The van der Waals surface area contributed by atoms with E-state index in [0.29, 0.717) is 6.54 Å². The number of carbonyl (C=O) groups is 1. The smallest absolute Gasteiger partial charge is 0.450 e. The first-order chi connectivity index (χ1) is 11.8. The van der Waals surface area contributed by atoms with Gasteiger partial charge in [-0.05, 0) is 31.2 Å². The van der Waals surface area contributed by atoms with Gasteiger partial charge in [0.05, 0.1) is 33.2 Å². The molecule has 2 rings (SSSR count). The predicted octanol–water partition coefficient (Wildman–Crippen LogP) is 2.40. The molecule has 1 N–H and O–H groups in total. The zero-order valence-electron chi connectivity index (χ0n) is 14.5. The van der Waals surface area contributed by atoms with Crippen molar-refractivity contribution < 1.29 is 27.6 Å². The molecule has 138 valence electrons. The van der Waals surface area contributed by atoms with Crippen molar-refractivity contribution >= 4 is 11.5 Å². The normalized spacial score (nSPS) is 17.6. The van der Waals surface area contributed by atoms with E-state index in [2.05, 4.69) is 4.99 Å². The number of aliphatic imine (C=N–C) groups is 1. The van der Waals surface area contributed by atoms with Crippen molar-refractivity contribution in [2.75, 3.05) is 26.7 Å². The lowest BCUT2D eigenvalue weighted by molar-refractivity contribution is -0.918. The van der Waals surface area contributed by atoms with Gasteiger partial charge in [-0.25, -0.2) is 0 Å². The minimum absolute atomic E-state index is 0.0735. The van der Waals surface area contributed by atoms with E-state index in [4.69, 9.17) is 4.74 Å². The largest absolute Gasteiger partial charge is 0.497 e. The van der Waals surface area contributed by atoms with Crippen molar-refractivity contribution in [1.29, 1.82) is 0 Å². The van der Waals surface area contributed by atoms with Crippen LogP contribution in [0, 0.1) is 0 Å².